The maximum atomic E-state index is 10.6. The van der Waals surface area contributed by atoms with E-state index in [1.807, 2.05) is 17.4 Å². The van der Waals surface area contributed by atoms with Crippen LogP contribution in [0, 0.1) is 11.3 Å². The van der Waals surface area contributed by atoms with E-state index >= 15 is 0 Å². The quantitative estimate of drug-likeness (QED) is 0.135. The Morgan fingerprint density at radius 2 is 0.765 bits per heavy atom. The van der Waals surface area contributed by atoms with Gasteiger partial charge in [-0.15, -0.1) is 11.3 Å². The van der Waals surface area contributed by atoms with Crippen molar-refractivity contribution in [1.29, 1.82) is 5.26 Å². The molecule has 2 aliphatic rings. The monoisotopic (exact) mass is 1260 g/mol. The SMILES string of the molecule is N#Cc1ccc2c(c1)c1ccccc1n2-c1cc2c3c(c1)N(c1ccc(-c4ccccc4)cc1-c1ccccc1)c1cc(-c4ccccc4)c4c(sc5ccccc54)c1B3c1c(cc(-c3ccccc3)c3c1oc1ccccc13)N2c1ccc(-c2ccccc2)cc1-c1ccccc1. The summed E-state index contributed by atoms with van der Waals surface area (Å²) in [5, 5.41) is 17.2. The molecular weight excluding hydrogens is 1210 g/mol. The topological polar surface area (TPSA) is 48.3 Å². The van der Waals surface area contributed by atoms with Crippen LogP contribution in [-0.4, -0.2) is 11.3 Å². The van der Waals surface area contributed by atoms with Gasteiger partial charge in [0.2, 0.25) is 0 Å². The van der Waals surface area contributed by atoms with Crippen LogP contribution in [0.4, 0.5) is 34.1 Å². The van der Waals surface area contributed by atoms with E-state index in [9.17, 15) is 5.26 Å². The van der Waals surface area contributed by atoms with Gasteiger partial charge in [0.05, 0.1) is 39.7 Å². The summed E-state index contributed by atoms with van der Waals surface area (Å²) < 4.78 is 12.6. The number of nitriles is 1. The van der Waals surface area contributed by atoms with E-state index < -0.39 is 6.71 Å². The highest BCUT2D eigenvalue weighted by Gasteiger charge is 2.48. The zero-order valence-electron chi connectivity index (χ0n) is 52.9. The number of nitrogens with zero attached hydrogens (tertiary/aromatic N) is 4. The van der Waals surface area contributed by atoms with Gasteiger partial charge in [-0.2, -0.15) is 5.26 Å². The van der Waals surface area contributed by atoms with E-state index in [1.54, 1.807) is 0 Å². The van der Waals surface area contributed by atoms with Gasteiger partial charge >= 0.3 is 0 Å². The minimum Gasteiger partial charge on any atom is -0.456 e. The molecule has 0 unspecified atom stereocenters. The van der Waals surface area contributed by atoms with E-state index in [-0.39, 0.29) is 0 Å². The summed E-state index contributed by atoms with van der Waals surface area (Å²) in [6.07, 6.45) is 0. The third-order valence-electron chi connectivity index (χ3n) is 20.4. The number of rotatable bonds is 9. The molecule has 3 aromatic heterocycles. The summed E-state index contributed by atoms with van der Waals surface area (Å²) >= 11 is 1.90. The van der Waals surface area contributed by atoms with E-state index in [0.29, 0.717) is 5.56 Å². The van der Waals surface area contributed by atoms with Crippen molar-refractivity contribution in [1.82, 2.24) is 4.57 Å². The number of furan rings is 1. The van der Waals surface area contributed by atoms with Crippen LogP contribution in [-0.2, 0) is 0 Å². The largest absolute Gasteiger partial charge is 0.456 e. The van der Waals surface area contributed by atoms with Gasteiger partial charge in [-0.1, -0.05) is 249 Å². The fraction of sp³-hybridized carbons (Fsp3) is 0. The molecule has 0 N–H and O–H groups in total. The van der Waals surface area contributed by atoms with Crippen LogP contribution < -0.4 is 26.2 Å². The van der Waals surface area contributed by atoms with Gasteiger partial charge in [0, 0.05) is 75.6 Å². The molecule has 5 nitrogen and oxygen atoms in total. The molecule has 0 aliphatic carbocycles. The second-order valence-electron chi connectivity index (χ2n) is 25.7. The second kappa shape index (κ2) is 22.2. The number of para-hydroxylation sites is 2. The Balaban J connectivity index is 1.02. The van der Waals surface area contributed by atoms with Crippen LogP contribution in [0.2, 0.25) is 0 Å². The lowest BCUT2D eigenvalue weighted by Gasteiger charge is -2.45. The average Bonchev–Trinajstić information content (AvgIpc) is 1.03. The Morgan fingerprint density at radius 3 is 1.33 bits per heavy atom. The normalized spacial score (nSPS) is 12.4. The number of hydrogen-bond donors (Lipinski definition) is 0. The van der Waals surface area contributed by atoms with Crippen molar-refractivity contribution < 1.29 is 4.42 Å². The van der Waals surface area contributed by atoms with Gasteiger partial charge in [-0.25, -0.2) is 0 Å². The summed E-state index contributed by atoms with van der Waals surface area (Å²) in [6.45, 7) is -0.413. The highest BCUT2D eigenvalue weighted by Crippen LogP contribution is 2.55. The first-order valence-electron chi connectivity index (χ1n) is 33.4. The molecule has 15 aromatic carbocycles. The van der Waals surface area contributed by atoms with Gasteiger partial charge in [-0.05, 0) is 157 Å². The first kappa shape index (κ1) is 55.7. The lowest BCUT2D eigenvalue weighted by Crippen LogP contribution is -2.61. The van der Waals surface area contributed by atoms with Gasteiger partial charge in [0.1, 0.15) is 11.2 Å². The summed E-state index contributed by atoms with van der Waals surface area (Å²) in [5.41, 5.74) is 28.4. The Labute approximate surface area is 570 Å². The maximum Gasteiger partial charge on any atom is 0.258 e. The summed E-state index contributed by atoms with van der Waals surface area (Å²) in [6, 6.07) is 124. The number of thiophene rings is 1. The van der Waals surface area contributed by atoms with Gasteiger partial charge in [0.25, 0.3) is 6.71 Å². The minimum atomic E-state index is -0.413. The van der Waals surface area contributed by atoms with Crippen molar-refractivity contribution in [2.24, 2.45) is 0 Å². The highest BCUT2D eigenvalue weighted by molar-refractivity contribution is 7.28. The van der Waals surface area contributed by atoms with Crippen molar-refractivity contribution >= 4 is 132 Å². The highest BCUT2D eigenvalue weighted by atomic mass is 32.1. The van der Waals surface area contributed by atoms with E-state index in [2.05, 4.69) is 348 Å². The first-order valence-corrected chi connectivity index (χ1v) is 34.2. The molecule has 7 heteroatoms. The molecule has 98 heavy (non-hydrogen) atoms. The van der Waals surface area contributed by atoms with E-state index in [4.69, 9.17) is 4.42 Å². The van der Waals surface area contributed by atoms with Crippen LogP contribution in [0.25, 0.3) is 136 Å². The molecule has 0 radical (unpaired) electrons. The predicted octanol–water partition coefficient (Wildman–Crippen LogP) is 23.0. The third kappa shape index (κ3) is 8.52. The molecular formula is C91H55BN4OS. The number of hydrogen-bond acceptors (Lipinski definition) is 5. The van der Waals surface area contributed by atoms with Gasteiger partial charge < -0.3 is 18.8 Å². The van der Waals surface area contributed by atoms with Crippen molar-refractivity contribution in [3.8, 4) is 78.5 Å². The number of benzene rings is 15. The Hall–Kier alpha value is -12.7. The van der Waals surface area contributed by atoms with Crippen LogP contribution in [0.1, 0.15) is 5.56 Å². The number of fused-ring (bicyclic) bond motifs is 15. The molecule has 20 rings (SSSR count). The van der Waals surface area contributed by atoms with Crippen LogP contribution in [0.3, 0.4) is 0 Å². The van der Waals surface area contributed by atoms with Crippen molar-refractivity contribution in [3.63, 3.8) is 0 Å². The summed E-state index contributed by atoms with van der Waals surface area (Å²) in [5.74, 6) is 0. The second-order valence-corrected chi connectivity index (χ2v) is 26.7. The smallest absolute Gasteiger partial charge is 0.258 e. The van der Waals surface area contributed by atoms with Crippen LogP contribution in [0.5, 0.6) is 0 Å². The molecule has 5 heterocycles. The van der Waals surface area contributed by atoms with E-state index in [1.165, 1.54) is 25.6 Å². The lowest BCUT2D eigenvalue weighted by molar-refractivity contribution is 0.671. The molecule has 0 fully saturated rings. The number of anilines is 6. The maximum absolute atomic E-state index is 10.6. The van der Waals surface area contributed by atoms with Crippen LogP contribution >= 0.6 is 11.3 Å². The zero-order chi connectivity index (χ0) is 64.5. The fourth-order valence-electron chi connectivity index (χ4n) is 16.1. The molecule has 0 amide bonds. The van der Waals surface area contributed by atoms with E-state index in [0.717, 1.165) is 161 Å². The minimum absolute atomic E-state index is 0.413. The standard InChI is InChI=1S/C91H55BN4OS/c93-56-57-43-46-78-74(49-57)67-37-19-22-40-75(67)94(78)66-52-79-87-80(53-66)96(77-48-45-65(59-27-9-2-10-28-59)51-71(77)61-31-13-4-14-32-61)82-55-73(63-35-17-6-18-36-63)86-69-39-21-24-42-84(69)98-91(86)89(82)92(87)88-81(54-72(62-33-15-5-16-34-62)85-68-38-20-23-41-83(68)97-90(85)88)95(79)76-47-44-64(58-25-7-1-8-26-58)50-70(76)60-29-11-3-12-30-60/h1-55H. The van der Waals surface area contributed by atoms with Crippen LogP contribution in [0.15, 0.2) is 338 Å². The Morgan fingerprint density at radius 1 is 0.316 bits per heavy atom. The molecule has 0 saturated heterocycles. The molecule has 0 atom stereocenters. The van der Waals surface area contributed by atoms with Crippen molar-refractivity contribution in [2.75, 3.05) is 9.80 Å². The third-order valence-corrected chi connectivity index (χ3v) is 21.6. The summed E-state index contributed by atoms with van der Waals surface area (Å²) in [4.78, 5) is 5.24. The number of aromatic nitrogens is 1. The van der Waals surface area contributed by atoms with Crippen molar-refractivity contribution in [3.05, 3.63) is 339 Å². The Bertz CT molecular complexity index is 6000. The molecule has 454 valence electrons. The molecule has 2 aliphatic heterocycles. The molecule has 18 aromatic rings. The first-order chi connectivity index (χ1) is 48.6. The molecule has 0 bridgehead atoms. The fourth-order valence-corrected chi connectivity index (χ4v) is 17.4. The average molecular weight is 1260 g/mol. The molecule has 0 saturated carbocycles. The zero-order valence-corrected chi connectivity index (χ0v) is 53.8. The van der Waals surface area contributed by atoms with Crippen molar-refractivity contribution in [2.45, 2.75) is 0 Å². The molecule has 0 spiro atoms. The lowest BCUT2D eigenvalue weighted by atomic mass is 9.33. The van der Waals surface area contributed by atoms with Gasteiger partial charge in [0.15, 0.2) is 0 Å². The Kier molecular flexibility index (Phi) is 12.6. The predicted molar refractivity (Wildman–Crippen MR) is 412 cm³/mol. The summed E-state index contributed by atoms with van der Waals surface area (Å²) in [7, 11) is 0. The van der Waals surface area contributed by atoms with Gasteiger partial charge in [-0.3, -0.25) is 0 Å².